The highest BCUT2D eigenvalue weighted by molar-refractivity contribution is 7.93. The maximum absolute atomic E-state index is 13.6. The molecule has 1 aromatic carbocycles. The highest BCUT2D eigenvalue weighted by Gasteiger charge is 2.55. The summed E-state index contributed by atoms with van der Waals surface area (Å²) in [7, 11) is -3.84. The number of aryl methyl sites for hydroxylation is 2. The van der Waals surface area contributed by atoms with Crippen molar-refractivity contribution >= 4 is 21.7 Å². The lowest BCUT2D eigenvalue weighted by Gasteiger charge is -2.32. The van der Waals surface area contributed by atoms with Gasteiger partial charge >= 0.3 is 0 Å². The van der Waals surface area contributed by atoms with Gasteiger partial charge in [-0.1, -0.05) is 25.0 Å². The van der Waals surface area contributed by atoms with E-state index in [-0.39, 0.29) is 23.3 Å². The van der Waals surface area contributed by atoms with Crippen molar-refractivity contribution in [2.45, 2.75) is 55.6 Å². The van der Waals surface area contributed by atoms with Gasteiger partial charge in [0.05, 0.1) is 10.8 Å². The van der Waals surface area contributed by atoms with Crippen LogP contribution in [0.25, 0.3) is 0 Å². The summed E-state index contributed by atoms with van der Waals surface area (Å²) in [6.45, 7) is 4.21. The van der Waals surface area contributed by atoms with Crippen LogP contribution in [0.15, 0.2) is 23.1 Å². The highest BCUT2D eigenvalue weighted by Crippen LogP contribution is 2.43. The van der Waals surface area contributed by atoms with Gasteiger partial charge in [-0.15, -0.1) is 0 Å². The van der Waals surface area contributed by atoms with Crippen LogP contribution < -0.4 is 5.73 Å². The molecule has 1 aliphatic heterocycles. The first-order chi connectivity index (χ1) is 12.2. The lowest BCUT2D eigenvalue weighted by Crippen LogP contribution is -2.52. The highest BCUT2D eigenvalue weighted by atomic mass is 32.2. The van der Waals surface area contributed by atoms with Gasteiger partial charge in [-0.2, -0.15) is 0 Å². The number of likely N-dealkylation sites (tertiary alicyclic amines) is 1. The zero-order valence-electron chi connectivity index (χ0n) is 15.3. The predicted octanol–water partition coefficient (Wildman–Crippen LogP) is 1.72. The largest absolute Gasteiger partial charge is 0.369 e. The molecule has 2 aliphatic rings. The van der Waals surface area contributed by atoms with Crippen LogP contribution in [-0.4, -0.2) is 43.0 Å². The second kappa shape index (κ2) is 6.68. The Kier molecular flexibility index (Phi) is 4.86. The predicted molar refractivity (Wildman–Crippen MR) is 98.2 cm³/mol. The fraction of sp³-hybridized carbons (Fsp3) is 0.579. The summed E-state index contributed by atoms with van der Waals surface area (Å²) < 4.78 is 25.8. The normalized spacial score (nSPS) is 22.5. The molecule has 0 radical (unpaired) electrons. The monoisotopic (exact) mass is 378 g/mol. The number of primary amides is 1. The molecule has 1 aromatic rings. The van der Waals surface area contributed by atoms with Crippen molar-refractivity contribution in [3.8, 4) is 0 Å². The summed E-state index contributed by atoms with van der Waals surface area (Å²) in [5.74, 6) is -1.18. The van der Waals surface area contributed by atoms with E-state index in [2.05, 4.69) is 0 Å². The zero-order chi connectivity index (χ0) is 19.1. The molecule has 142 valence electrons. The summed E-state index contributed by atoms with van der Waals surface area (Å²) in [5.41, 5.74) is 6.87. The Balaban J connectivity index is 2.01. The first-order valence-electron chi connectivity index (χ1n) is 9.09. The van der Waals surface area contributed by atoms with Crippen LogP contribution in [0, 0.1) is 19.8 Å². The molecule has 1 saturated heterocycles. The quantitative estimate of drug-likeness (QED) is 0.862. The summed E-state index contributed by atoms with van der Waals surface area (Å²) in [5, 5.41) is 0. The number of carbonyl (C=O) groups excluding carboxylic acids is 2. The number of hydrogen-bond donors (Lipinski definition) is 1. The van der Waals surface area contributed by atoms with E-state index in [1.54, 1.807) is 19.1 Å². The van der Waals surface area contributed by atoms with Gasteiger partial charge in [-0.25, -0.2) is 8.42 Å². The molecule has 1 heterocycles. The number of hydrogen-bond acceptors (Lipinski definition) is 4. The Morgan fingerprint density at radius 2 is 1.85 bits per heavy atom. The number of nitrogens with zero attached hydrogens (tertiary/aromatic N) is 1. The van der Waals surface area contributed by atoms with Gasteiger partial charge in [0, 0.05) is 13.1 Å². The summed E-state index contributed by atoms with van der Waals surface area (Å²) >= 11 is 0. The van der Waals surface area contributed by atoms with Crippen molar-refractivity contribution in [2.75, 3.05) is 13.1 Å². The molecule has 0 spiro atoms. The molecule has 1 saturated carbocycles. The standard InChI is InChI=1S/C19H26N2O4S/c1-13-5-6-14(2)16(11-13)26(24,25)19(8-3-4-9-19)18(23)21-10-7-15(12-21)17(20)22/h5-6,11,15H,3-4,7-10,12H2,1-2H3,(H2,20,22). The van der Waals surface area contributed by atoms with Crippen molar-refractivity contribution in [3.63, 3.8) is 0 Å². The first kappa shape index (κ1) is 18.9. The second-order valence-corrected chi connectivity index (χ2v) is 9.84. The number of carbonyl (C=O) groups is 2. The minimum atomic E-state index is -3.84. The number of amides is 2. The van der Waals surface area contributed by atoms with E-state index >= 15 is 0 Å². The van der Waals surface area contributed by atoms with Gasteiger partial charge in [0.15, 0.2) is 14.6 Å². The molecule has 0 bridgehead atoms. The van der Waals surface area contributed by atoms with Crippen LogP contribution in [0.2, 0.25) is 0 Å². The molecule has 0 aromatic heterocycles. The average Bonchev–Trinajstić information content (AvgIpc) is 3.26. The molecular weight excluding hydrogens is 352 g/mol. The van der Waals surface area contributed by atoms with Gasteiger partial charge in [0.2, 0.25) is 11.8 Å². The number of benzene rings is 1. The molecular formula is C19H26N2O4S. The summed E-state index contributed by atoms with van der Waals surface area (Å²) in [6, 6.07) is 5.32. The topological polar surface area (TPSA) is 97.5 Å². The number of rotatable bonds is 4. The maximum atomic E-state index is 13.6. The Morgan fingerprint density at radius 1 is 1.19 bits per heavy atom. The fourth-order valence-electron chi connectivity index (χ4n) is 4.22. The minimum absolute atomic E-state index is 0.220. The van der Waals surface area contributed by atoms with Crippen molar-refractivity contribution in [1.82, 2.24) is 4.90 Å². The molecule has 2 fully saturated rings. The number of sulfone groups is 1. The van der Waals surface area contributed by atoms with Crippen LogP contribution in [0.1, 0.15) is 43.2 Å². The van der Waals surface area contributed by atoms with E-state index in [9.17, 15) is 18.0 Å². The molecule has 26 heavy (non-hydrogen) atoms. The van der Waals surface area contributed by atoms with E-state index in [1.807, 2.05) is 13.0 Å². The van der Waals surface area contributed by atoms with Gasteiger partial charge in [0.1, 0.15) is 0 Å². The Hall–Kier alpha value is -1.89. The average molecular weight is 378 g/mol. The van der Waals surface area contributed by atoms with E-state index in [0.717, 1.165) is 5.56 Å². The lowest BCUT2D eigenvalue weighted by atomic mass is 10.1. The molecule has 2 N–H and O–H groups in total. The van der Waals surface area contributed by atoms with Crippen molar-refractivity contribution in [1.29, 1.82) is 0 Å². The van der Waals surface area contributed by atoms with Gasteiger partial charge in [-0.05, 0) is 50.3 Å². The van der Waals surface area contributed by atoms with Crippen LogP contribution in [0.3, 0.4) is 0 Å². The SMILES string of the molecule is Cc1ccc(C)c(S(=O)(=O)C2(C(=O)N3CCC(C(N)=O)C3)CCCC2)c1. The van der Waals surface area contributed by atoms with Crippen molar-refractivity contribution in [2.24, 2.45) is 11.7 Å². The molecule has 2 amide bonds. The van der Waals surface area contributed by atoms with Crippen LogP contribution >= 0.6 is 0 Å². The Bertz CT molecular complexity index is 841. The Morgan fingerprint density at radius 3 is 2.42 bits per heavy atom. The smallest absolute Gasteiger partial charge is 0.244 e. The van der Waals surface area contributed by atoms with Gasteiger partial charge in [-0.3, -0.25) is 9.59 Å². The third-order valence-electron chi connectivity index (χ3n) is 5.83. The molecule has 1 aliphatic carbocycles. The molecule has 1 atom stereocenters. The van der Waals surface area contributed by atoms with E-state index in [4.69, 9.17) is 5.73 Å². The van der Waals surface area contributed by atoms with E-state index < -0.39 is 20.5 Å². The first-order valence-corrected chi connectivity index (χ1v) is 10.6. The minimum Gasteiger partial charge on any atom is -0.369 e. The third-order valence-corrected chi connectivity index (χ3v) is 8.46. The van der Waals surface area contributed by atoms with Crippen LogP contribution in [-0.2, 0) is 19.4 Å². The zero-order valence-corrected chi connectivity index (χ0v) is 16.1. The van der Waals surface area contributed by atoms with Crippen molar-refractivity contribution in [3.05, 3.63) is 29.3 Å². The number of nitrogens with two attached hydrogens (primary N) is 1. The fourth-order valence-corrected chi connectivity index (χ4v) is 6.66. The van der Waals surface area contributed by atoms with Gasteiger partial charge in [0.25, 0.3) is 0 Å². The van der Waals surface area contributed by atoms with Crippen LogP contribution in [0.5, 0.6) is 0 Å². The summed E-state index contributed by atoms with van der Waals surface area (Å²) in [4.78, 5) is 26.6. The van der Waals surface area contributed by atoms with Gasteiger partial charge < -0.3 is 10.6 Å². The van der Waals surface area contributed by atoms with E-state index in [0.29, 0.717) is 44.2 Å². The third kappa shape index (κ3) is 2.92. The summed E-state index contributed by atoms with van der Waals surface area (Å²) in [6.07, 6.45) is 2.59. The molecule has 6 nitrogen and oxygen atoms in total. The van der Waals surface area contributed by atoms with Crippen LogP contribution in [0.4, 0.5) is 0 Å². The lowest BCUT2D eigenvalue weighted by molar-refractivity contribution is -0.133. The molecule has 1 unspecified atom stereocenters. The van der Waals surface area contributed by atoms with Crippen molar-refractivity contribution < 1.29 is 18.0 Å². The molecule has 7 heteroatoms. The van der Waals surface area contributed by atoms with E-state index in [1.165, 1.54) is 4.90 Å². The Labute approximate surface area is 154 Å². The molecule has 3 rings (SSSR count). The maximum Gasteiger partial charge on any atom is 0.244 e. The second-order valence-electron chi connectivity index (χ2n) is 7.61.